The van der Waals surface area contributed by atoms with E-state index in [2.05, 4.69) is 4.74 Å². The van der Waals surface area contributed by atoms with Crippen molar-refractivity contribution in [2.24, 2.45) is 0 Å². The first-order chi connectivity index (χ1) is 7.15. The minimum absolute atomic E-state index is 0.351. The Balaban J connectivity index is 2.77. The third-order valence-corrected chi connectivity index (χ3v) is 2.91. The highest BCUT2D eigenvalue weighted by molar-refractivity contribution is 6.45. The average Bonchev–Trinajstić information content (AvgIpc) is 2.67. The Hall–Kier alpha value is -1.19. The van der Waals surface area contributed by atoms with Gasteiger partial charge in [0.1, 0.15) is 0 Å². The van der Waals surface area contributed by atoms with Crippen molar-refractivity contribution in [3.05, 3.63) is 34.4 Å². The maximum atomic E-state index is 11.4. The number of methoxy groups -OCH3 is 1. The molecule has 0 fully saturated rings. The molecule has 0 saturated carbocycles. The zero-order chi connectivity index (χ0) is 11.0. The molecule has 0 aliphatic rings. The lowest BCUT2D eigenvalue weighted by Crippen LogP contribution is -2.09. The molecule has 0 unspecified atom stereocenters. The molecule has 78 valence electrons. The number of nitrogens with zero attached hydrogens (tertiary/aromatic N) is 1. The first-order valence-electron chi connectivity index (χ1n) is 4.18. The van der Waals surface area contributed by atoms with E-state index in [0.717, 1.165) is 5.39 Å². The lowest BCUT2D eigenvalue weighted by molar-refractivity contribution is 0.174. The zero-order valence-corrected chi connectivity index (χ0v) is 9.34. The second-order valence-electron chi connectivity index (χ2n) is 2.95. The van der Waals surface area contributed by atoms with E-state index >= 15 is 0 Å². The van der Waals surface area contributed by atoms with Crippen LogP contribution in [0.3, 0.4) is 0 Å². The predicted octanol–water partition coefficient (Wildman–Crippen LogP) is 3.56. The Morgan fingerprint density at radius 3 is 2.73 bits per heavy atom. The summed E-state index contributed by atoms with van der Waals surface area (Å²) in [5, 5.41) is 1.60. The molecule has 15 heavy (non-hydrogen) atoms. The van der Waals surface area contributed by atoms with E-state index in [0.29, 0.717) is 15.6 Å². The van der Waals surface area contributed by atoms with Crippen molar-refractivity contribution in [2.45, 2.75) is 0 Å². The molecule has 0 atom stereocenters. The molecule has 0 bridgehead atoms. The van der Waals surface area contributed by atoms with Crippen molar-refractivity contribution < 1.29 is 9.53 Å². The average molecular weight is 244 g/mol. The topological polar surface area (TPSA) is 31.2 Å². The van der Waals surface area contributed by atoms with E-state index in [9.17, 15) is 4.79 Å². The molecule has 0 spiro atoms. The van der Waals surface area contributed by atoms with Crippen LogP contribution in [0.2, 0.25) is 10.0 Å². The standard InChI is InChI=1S/C10H7Cl2NO2/c1-15-10(14)13-5-4-6-2-3-7(11)8(12)9(6)13/h2-5H,1H3. The molecule has 0 amide bonds. The van der Waals surface area contributed by atoms with E-state index in [1.54, 1.807) is 24.4 Å². The van der Waals surface area contributed by atoms with Crippen molar-refractivity contribution in [1.29, 1.82) is 0 Å². The van der Waals surface area contributed by atoms with Gasteiger partial charge in [0.25, 0.3) is 0 Å². The summed E-state index contributed by atoms with van der Waals surface area (Å²) in [7, 11) is 1.31. The van der Waals surface area contributed by atoms with Gasteiger partial charge in [-0.2, -0.15) is 0 Å². The number of rotatable bonds is 0. The molecule has 0 aliphatic carbocycles. The Kier molecular flexibility index (Phi) is 2.59. The van der Waals surface area contributed by atoms with E-state index in [1.165, 1.54) is 11.7 Å². The molecule has 1 heterocycles. The lowest BCUT2D eigenvalue weighted by Gasteiger charge is -2.04. The highest BCUT2D eigenvalue weighted by atomic mass is 35.5. The summed E-state index contributed by atoms with van der Waals surface area (Å²) in [6.07, 6.45) is 1.10. The molecule has 3 nitrogen and oxygen atoms in total. The number of halogens is 2. The van der Waals surface area contributed by atoms with Crippen LogP contribution in [-0.4, -0.2) is 17.8 Å². The van der Waals surface area contributed by atoms with Crippen molar-refractivity contribution in [1.82, 2.24) is 4.57 Å². The minimum atomic E-state index is -0.492. The fraction of sp³-hybridized carbons (Fsp3) is 0.100. The molecule has 1 aromatic heterocycles. The molecular weight excluding hydrogens is 237 g/mol. The van der Waals surface area contributed by atoms with Crippen LogP contribution in [0.4, 0.5) is 4.79 Å². The fourth-order valence-electron chi connectivity index (χ4n) is 1.41. The van der Waals surface area contributed by atoms with Crippen LogP contribution < -0.4 is 0 Å². The SMILES string of the molecule is COC(=O)n1ccc2ccc(Cl)c(Cl)c21. The Morgan fingerprint density at radius 1 is 1.33 bits per heavy atom. The molecular formula is C10H7Cl2NO2. The number of carbonyl (C=O) groups excluding carboxylic acids is 1. The molecule has 0 aliphatic heterocycles. The van der Waals surface area contributed by atoms with Gasteiger partial charge >= 0.3 is 6.09 Å². The van der Waals surface area contributed by atoms with Crippen molar-refractivity contribution in [3.8, 4) is 0 Å². The van der Waals surface area contributed by atoms with Gasteiger partial charge in [0, 0.05) is 11.6 Å². The summed E-state index contributed by atoms with van der Waals surface area (Å²) in [5.74, 6) is 0. The van der Waals surface area contributed by atoms with Crippen LogP contribution in [0.15, 0.2) is 24.4 Å². The lowest BCUT2D eigenvalue weighted by atomic mass is 10.2. The molecule has 0 N–H and O–H groups in total. The van der Waals surface area contributed by atoms with E-state index < -0.39 is 6.09 Å². The Labute approximate surface area is 96.1 Å². The number of carbonyl (C=O) groups is 1. The predicted molar refractivity (Wildman–Crippen MR) is 59.8 cm³/mol. The third kappa shape index (κ3) is 1.58. The van der Waals surface area contributed by atoms with Gasteiger partial charge in [-0.3, -0.25) is 4.57 Å². The second kappa shape index (κ2) is 3.76. The van der Waals surface area contributed by atoms with E-state index in [4.69, 9.17) is 23.2 Å². The van der Waals surface area contributed by atoms with Crippen molar-refractivity contribution in [3.63, 3.8) is 0 Å². The number of fused-ring (bicyclic) bond motifs is 1. The van der Waals surface area contributed by atoms with Crippen LogP contribution >= 0.6 is 23.2 Å². The number of hydrogen-bond donors (Lipinski definition) is 0. The summed E-state index contributed by atoms with van der Waals surface area (Å²) in [4.78, 5) is 11.4. The zero-order valence-electron chi connectivity index (χ0n) is 7.83. The fourth-order valence-corrected chi connectivity index (χ4v) is 1.83. The molecule has 0 saturated heterocycles. The van der Waals surface area contributed by atoms with E-state index in [-0.39, 0.29) is 0 Å². The van der Waals surface area contributed by atoms with Gasteiger partial charge in [-0.15, -0.1) is 0 Å². The monoisotopic (exact) mass is 243 g/mol. The number of ether oxygens (including phenoxy) is 1. The van der Waals surface area contributed by atoms with Crippen LogP contribution in [0, 0.1) is 0 Å². The van der Waals surface area contributed by atoms with Crippen LogP contribution in [0.1, 0.15) is 0 Å². The number of aromatic nitrogens is 1. The second-order valence-corrected chi connectivity index (χ2v) is 3.74. The summed E-state index contributed by atoms with van der Waals surface area (Å²) in [5.41, 5.74) is 0.566. The summed E-state index contributed by atoms with van der Waals surface area (Å²) < 4.78 is 5.94. The molecule has 0 radical (unpaired) electrons. The van der Waals surface area contributed by atoms with Gasteiger partial charge in [0.15, 0.2) is 0 Å². The van der Waals surface area contributed by atoms with Gasteiger partial charge in [0.05, 0.1) is 22.7 Å². The van der Waals surface area contributed by atoms with Gasteiger partial charge in [0.2, 0.25) is 0 Å². The maximum absolute atomic E-state index is 11.4. The van der Waals surface area contributed by atoms with Crippen LogP contribution in [-0.2, 0) is 4.74 Å². The summed E-state index contributed by atoms with van der Waals surface area (Å²) >= 11 is 11.9. The minimum Gasteiger partial charge on any atom is -0.452 e. The molecule has 2 rings (SSSR count). The summed E-state index contributed by atoms with van der Waals surface area (Å²) in [6, 6.07) is 5.26. The Morgan fingerprint density at radius 2 is 2.07 bits per heavy atom. The van der Waals surface area contributed by atoms with Crippen molar-refractivity contribution in [2.75, 3.05) is 7.11 Å². The molecule has 1 aromatic carbocycles. The smallest absolute Gasteiger partial charge is 0.418 e. The van der Waals surface area contributed by atoms with Gasteiger partial charge in [-0.05, 0) is 12.1 Å². The first-order valence-corrected chi connectivity index (χ1v) is 4.94. The molecule has 2 aromatic rings. The van der Waals surface area contributed by atoms with Gasteiger partial charge in [-0.25, -0.2) is 4.79 Å². The normalized spacial score (nSPS) is 10.6. The quantitative estimate of drug-likeness (QED) is 0.709. The highest BCUT2D eigenvalue weighted by Gasteiger charge is 2.13. The van der Waals surface area contributed by atoms with Gasteiger partial charge < -0.3 is 4.74 Å². The highest BCUT2D eigenvalue weighted by Crippen LogP contribution is 2.31. The van der Waals surface area contributed by atoms with Crippen LogP contribution in [0.25, 0.3) is 10.9 Å². The maximum Gasteiger partial charge on any atom is 0.418 e. The van der Waals surface area contributed by atoms with Crippen LogP contribution in [0.5, 0.6) is 0 Å². The number of hydrogen-bond acceptors (Lipinski definition) is 2. The third-order valence-electron chi connectivity index (χ3n) is 2.12. The Bertz CT molecular complexity index is 533. The largest absolute Gasteiger partial charge is 0.452 e. The summed E-state index contributed by atoms with van der Waals surface area (Å²) in [6.45, 7) is 0. The van der Waals surface area contributed by atoms with E-state index in [1.807, 2.05) is 0 Å². The number of benzene rings is 1. The first kappa shape index (κ1) is 10.3. The molecule has 5 heteroatoms. The van der Waals surface area contributed by atoms with Crippen molar-refractivity contribution >= 4 is 40.2 Å². The van der Waals surface area contributed by atoms with Gasteiger partial charge in [-0.1, -0.05) is 29.3 Å².